The van der Waals surface area contributed by atoms with E-state index in [1.54, 1.807) is 4.90 Å². The van der Waals surface area contributed by atoms with Gasteiger partial charge in [0.1, 0.15) is 12.1 Å². The maximum Gasteiger partial charge on any atom is 0.325 e. The quantitative estimate of drug-likeness (QED) is 0.782. The van der Waals surface area contributed by atoms with Crippen molar-refractivity contribution in [1.82, 2.24) is 20.9 Å². The molecule has 0 aliphatic carbocycles. The van der Waals surface area contributed by atoms with Crippen LogP contribution in [0.5, 0.6) is 0 Å². The number of nitrogens with one attached hydrogen (secondary N) is 3. The molecule has 2 aliphatic rings. The maximum absolute atomic E-state index is 12.3. The van der Waals surface area contributed by atoms with E-state index in [-0.39, 0.29) is 11.9 Å². The fraction of sp³-hybridized carbons (Fsp3) is 0.500. The molecular weight excluding hydrogens is 304 g/mol. The molecule has 2 saturated heterocycles. The van der Waals surface area contributed by atoms with E-state index < -0.39 is 24.2 Å². The summed E-state index contributed by atoms with van der Waals surface area (Å²) in [5.41, 5.74) is 0. The van der Waals surface area contributed by atoms with Crippen molar-refractivity contribution in [2.75, 3.05) is 6.54 Å². The molecule has 0 bridgehead atoms. The first-order chi connectivity index (χ1) is 10.6. The number of carbonyl (C=O) groups is 3. The lowest BCUT2D eigenvalue weighted by atomic mass is 9.89. The summed E-state index contributed by atoms with van der Waals surface area (Å²) in [6, 6.07) is 2.55. The zero-order valence-electron chi connectivity index (χ0n) is 12.2. The number of unbranched alkanes of at least 4 members (excludes halogenated alkanes) is 1. The van der Waals surface area contributed by atoms with Crippen LogP contribution >= 0.6 is 11.3 Å². The monoisotopic (exact) mass is 322 g/mol. The number of fused-ring (bicyclic) bond motifs is 1. The molecule has 3 atom stereocenters. The molecule has 0 radical (unpaired) electrons. The summed E-state index contributed by atoms with van der Waals surface area (Å²) < 4.78 is 0. The second-order valence-corrected chi connectivity index (χ2v) is 6.40. The largest absolute Gasteiger partial charge is 0.330 e. The van der Waals surface area contributed by atoms with Crippen LogP contribution in [-0.4, -0.2) is 35.6 Å². The summed E-state index contributed by atoms with van der Waals surface area (Å²) in [5.74, 6) is -0.889. The van der Waals surface area contributed by atoms with Crippen molar-refractivity contribution in [3.63, 3.8) is 0 Å². The van der Waals surface area contributed by atoms with Gasteiger partial charge in [0.15, 0.2) is 0 Å². The Morgan fingerprint density at radius 3 is 2.77 bits per heavy atom. The van der Waals surface area contributed by atoms with Crippen LogP contribution in [-0.2, 0) is 4.79 Å². The van der Waals surface area contributed by atoms with Gasteiger partial charge in [0.2, 0.25) is 5.91 Å². The Morgan fingerprint density at radius 2 is 2.09 bits per heavy atom. The molecule has 118 valence electrons. The molecule has 0 aromatic carbocycles. The Morgan fingerprint density at radius 1 is 1.27 bits per heavy atom. The van der Waals surface area contributed by atoms with E-state index in [0.29, 0.717) is 6.54 Å². The van der Waals surface area contributed by atoms with Gasteiger partial charge in [-0.05, 0) is 17.9 Å². The van der Waals surface area contributed by atoms with Crippen LogP contribution in [0.3, 0.4) is 0 Å². The van der Waals surface area contributed by atoms with E-state index in [0.717, 1.165) is 17.7 Å². The maximum atomic E-state index is 12.3. The van der Waals surface area contributed by atoms with Crippen molar-refractivity contribution in [1.29, 1.82) is 0 Å². The highest BCUT2D eigenvalue weighted by Crippen LogP contribution is 2.34. The summed E-state index contributed by atoms with van der Waals surface area (Å²) in [6.07, 6.45) is 1.14. The summed E-state index contributed by atoms with van der Waals surface area (Å²) >= 11 is 1.48. The number of rotatable bonds is 4. The molecule has 0 saturated carbocycles. The van der Waals surface area contributed by atoms with Gasteiger partial charge in [-0.2, -0.15) is 0 Å². The van der Waals surface area contributed by atoms with Crippen LogP contribution in [0.1, 0.15) is 30.7 Å². The predicted octanol–water partition coefficient (Wildman–Crippen LogP) is 1.40. The second kappa shape index (κ2) is 5.96. The van der Waals surface area contributed by atoms with Crippen molar-refractivity contribution in [2.45, 2.75) is 32.0 Å². The molecule has 3 heterocycles. The molecule has 8 heteroatoms. The average Bonchev–Trinajstić information content (AvgIpc) is 3.00. The van der Waals surface area contributed by atoms with E-state index >= 15 is 0 Å². The molecule has 2 fully saturated rings. The molecule has 7 nitrogen and oxygen atoms in total. The molecule has 3 rings (SSSR count). The van der Waals surface area contributed by atoms with Gasteiger partial charge >= 0.3 is 12.1 Å². The summed E-state index contributed by atoms with van der Waals surface area (Å²) in [6.45, 7) is 2.54. The van der Waals surface area contributed by atoms with Crippen LogP contribution in [0.2, 0.25) is 0 Å². The zero-order chi connectivity index (χ0) is 15.7. The van der Waals surface area contributed by atoms with Gasteiger partial charge in [0, 0.05) is 11.4 Å². The van der Waals surface area contributed by atoms with E-state index in [4.69, 9.17) is 0 Å². The third-order valence-electron chi connectivity index (χ3n) is 4.00. The molecule has 2 aliphatic heterocycles. The van der Waals surface area contributed by atoms with Crippen LogP contribution in [0.15, 0.2) is 17.5 Å². The summed E-state index contributed by atoms with van der Waals surface area (Å²) in [4.78, 5) is 38.8. The summed E-state index contributed by atoms with van der Waals surface area (Å²) in [5, 5.41) is 9.84. The minimum atomic E-state index is -0.603. The van der Waals surface area contributed by atoms with Gasteiger partial charge in [-0.15, -0.1) is 11.3 Å². The number of nitrogens with zero attached hydrogens (tertiary/aromatic N) is 1. The van der Waals surface area contributed by atoms with Crippen molar-refractivity contribution >= 4 is 29.3 Å². The lowest BCUT2D eigenvalue weighted by Gasteiger charge is -2.46. The molecule has 0 spiro atoms. The van der Waals surface area contributed by atoms with Crippen molar-refractivity contribution < 1.29 is 14.4 Å². The van der Waals surface area contributed by atoms with Crippen LogP contribution in [0.4, 0.5) is 9.59 Å². The second-order valence-electron chi connectivity index (χ2n) is 5.42. The van der Waals surface area contributed by atoms with Gasteiger partial charge in [-0.25, -0.2) is 9.59 Å². The topological polar surface area (TPSA) is 90.5 Å². The molecule has 3 N–H and O–H groups in total. The van der Waals surface area contributed by atoms with E-state index in [2.05, 4.69) is 16.0 Å². The Labute approximate surface area is 132 Å². The number of hydrogen-bond donors (Lipinski definition) is 3. The van der Waals surface area contributed by atoms with E-state index in [1.165, 1.54) is 11.3 Å². The molecule has 5 amide bonds. The lowest BCUT2D eigenvalue weighted by Crippen LogP contribution is -2.72. The van der Waals surface area contributed by atoms with Gasteiger partial charge in [-0.1, -0.05) is 19.4 Å². The number of amides is 5. The highest BCUT2D eigenvalue weighted by Gasteiger charge is 2.49. The molecule has 3 unspecified atom stereocenters. The Balaban J connectivity index is 1.92. The first-order valence-corrected chi connectivity index (χ1v) is 8.21. The first-order valence-electron chi connectivity index (χ1n) is 7.33. The van der Waals surface area contributed by atoms with Gasteiger partial charge in [0.25, 0.3) is 0 Å². The number of imide groups is 1. The Hall–Kier alpha value is -2.09. The van der Waals surface area contributed by atoms with E-state index in [9.17, 15) is 14.4 Å². The standard InChI is InChI=1S/C14H18N4O3S/c1-2-3-6-18-11-9(12(19)17-14(18)21)10(15-13(20)16-11)8-5-4-7-22-8/h4-5,7,9-11H,2-3,6H2,1H3,(H2,15,16,20)(H,17,19,21). The zero-order valence-corrected chi connectivity index (χ0v) is 13.0. The number of urea groups is 2. The minimum absolute atomic E-state index is 0.353. The third kappa shape index (κ3) is 2.54. The normalized spacial score (nSPS) is 27.8. The minimum Gasteiger partial charge on any atom is -0.330 e. The third-order valence-corrected chi connectivity index (χ3v) is 4.95. The Kier molecular flexibility index (Phi) is 4.02. The number of hydrogen-bond acceptors (Lipinski definition) is 4. The number of carbonyl (C=O) groups excluding carboxylic acids is 3. The van der Waals surface area contributed by atoms with Crippen LogP contribution in [0.25, 0.3) is 0 Å². The fourth-order valence-corrected chi connectivity index (χ4v) is 3.74. The average molecular weight is 322 g/mol. The number of thiophene rings is 1. The smallest absolute Gasteiger partial charge is 0.325 e. The van der Waals surface area contributed by atoms with Crippen LogP contribution < -0.4 is 16.0 Å². The van der Waals surface area contributed by atoms with Crippen LogP contribution in [0, 0.1) is 5.92 Å². The fourth-order valence-electron chi connectivity index (χ4n) is 2.92. The SMILES string of the molecule is CCCCN1C(=O)NC(=O)C2C(c3cccs3)NC(=O)NC21. The highest BCUT2D eigenvalue weighted by molar-refractivity contribution is 7.10. The summed E-state index contributed by atoms with van der Waals surface area (Å²) in [7, 11) is 0. The lowest BCUT2D eigenvalue weighted by molar-refractivity contribution is -0.130. The van der Waals surface area contributed by atoms with Gasteiger partial charge in [0.05, 0.1) is 6.04 Å². The Bertz CT molecular complexity index is 589. The van der Waals surface area contributed by atoms with E-state index in [1.807, 2.05) is 24.4 Å². The predicted molar refractivity (Wildman–Crippen MR) is 81.2 cm³/mol. The highest BCUT2D eigenvalue weighted by atomic mass is 32.1. The van der Waals surface area contributed by atoms with Crippen molar-refractivity contribution in [2.24, 2.45) is 5.92 Å². The van der Waals surface area contributed by atoms with Gasteiger partial charge in [-0.3, -0.25) is 10.1 Å². The molecule has 1 aromatic rings. The molecule has 1 aromatic heterocycles. The first kappa shape index (κ1) is 14.8. The van der Waals surface area contributed by atoms with Gasteiger partial charge < -0.3 is 15.5 Å². The van der Waals surface area contributed by atoms with Crippen molar-refractivity contribution in [3.05, 3.63) is 22.4 Å². The molecular formula is C14H18N4O3S. The molecule has 22 heavy (non-hydrogen) atoms. The van der Waals surface area contributed by atoms with Crippen molar-refractivity contribution in [3.8, 4) is 0 Å².